The third-order valence-electron chi connectivity index (χ3n) is 2.75. The molecule has 0 aliphatic carbocycles. The summed E-state index contributed by atoms with van der Waals surface area (Å²) in [5, 5.41) is -0.113. The van der Waals surface area contributed by atoms with E-state index in [0.717, 1.165) is 0 Å². The molecule has 3 heteroatoms. The van der Waals surface area contributed by atoms with Gasteiger partial charge in [0.05, 0.1) is 0 Å². The smallest absolute Gasteiger partial charge is 0.143 e. The molecule has 0 aromatic heterocycles. The van der Waals surface area contributed by atoms with E-state index in [1.165, 1.54) is 0 Å². The van der Waals surface area contributed by atoms with Crippen molar-refractivity contribution >= 4 is 29.9 Å². The SMILES string of the molecule is CC(C)([B]C(C)(C)C(C)(C)N)C#CI. The number of halogens is 1. The zero-order chi connectivity index (χ0) is 11.6. The van der Waals surface area contributed by atoms with Crippen LogP contribution >= 0.6 is 22.6 Å². The summed E-state index contributed by atoms with van der Waals surface area (Å²) >= 11 is 2.07. The maximum absolute atomic E-state index is 6.14. The number of hydrogen-bond acceptors (Lipinski definition) is 1. The molecule has 0 unspecified atom stereocenters. The van der Waals surface area contributed by atoms with Crippen LogP contribution in [0.2, 0.25) is 10.6 Å². The van der Waals surface area contributed by atoms with Crippen LogP contribution in [0.25, 0.3) is 0 Å². The summed E-state index contributed by atoms with van der Waals surface area (Å²) < 4.78 is 2.93. The van der Waals surface area contributed by atoms with Gasteiger partial charge in [-0.1, -0.05) is 33.6 Å². The van der Waals surface area contributed by atoms with Gasteiger partial charge in [0.15, 0.2) is 0 Å². The van der Waals surface area contributed by atoms with Gasteiger partial charge in [0.25, 0.3) is 0 Å². The van der Waals surface area contributed by atoms with Crippen molar-refractivity contribution in [2.75, 3.05) is 0 Å². The normalized spacial score (nSPS) is 13.1. The van der Waals surface area contributed by atoms with E-state index >= 15 is 0 Å². The first-order valence-electron chi connectivity index (χ1n) is 4.81. The minimum atomic E-state index is -0.225. The Morgan fingerprint density at radius 1 is 1.07 bits per heavy atom. The molecule has 0 heterocycles. The van der Waals surface area contributed by atoms with Crippen LogP contribution in [0.1, 0.15) is 41.5 Å². The fourth-order valence-electron chi connectivity index (χ4n) is 1.25. The molecule has 0 saturated carbocycles. The second-order valence-electron chi connectivity index (χ2n) is 5.53. The molecule has 0 rings (SSSR count). The minimum Gasteiger partial charge on any atom is -0.326 e. The van der Waals surface area contributed by atoms with E-state index in [1.54, 1.807) is 0 Å². The lowest BCUT2D eigenvalue weighted by molar-refractivity contribution is 0.383. The summed E-state index contributed by atoms with van der Waals surface area (Å²) in [5.41, 5.74) is 5.91. The van der Waals surface area contributed by atoms with Crippen molar-refractivity contribution < 1.29 is 0 Å². The average Bonchev–Trinajstić information content (AvgIpc) is 1.80. The summed E-state index contributed by atoms with van der Waals surface area (Å²) in [5.74, 6) is 3.18. The molecular weight excluding hydrogens is 284 g/mol. The summed E-state index contributed by atoms with van der Waals surface area (Å²) in [6.07, 6.45) is 0. The van der Waals surface area contributed by atoms with Crippen molar-refractivity contribution in [1.29, 1.82) is 0 Å². The van der Waals surface area contributed by atoms with Crippen LogP contribution in [-0.2, 0) is 0 Å². The molecule has 0 fully saturated rings. The molecule has 0 aliphatic heterocycles. The summed E-state index contributed by atoms with van der Waals surface area (Å²) in [4.78, 5) is 0. The molecular formula is C11H20BIN. The minimum absolute atomic E-state index is 0.0308. The van der Waals surface area contributed by atoms with Gasteiger partial charge >= 0.3 is 0 Å². The molecule has 0 amide bonds. The second-order valence-corrected chi connectivity index (χ2v) is 6.07. The van der Waals surface area contributed by atoms with Crippen molar-refractivity contribution in [2.24, 2.45) is 5.73 Å². The zero-order valence-corrected chi connectivity index (χ0v) is 12.2. The van der Waals surface area contributed by atoms with Gasteiger partial charge in [-0.05, 0) is 28.4 Å². The Bertz CT molecular complexity index is 253. The van der Waals surface area contributed by atoms with Gasteiger partial charge in [-0.3, -0.25) is 0 Å². The highest BCUT2D eigenvalue weighted by molar-refractivity contribution is 14.1. The highest BCUT2D eigenvalue weighted by atomic mass is 127. The van der Waals surface area contributed by atoms with E-state index in [1.807, 2.05) is 0 Å². The summed E-state index contributed by atoms with van der Waals surface area (Å²) in [7, 11) is 2.24. The van der Waals surface area contributed by atoms with Gasteiger partial charge < -0.3 is 5.73 Å². The Balaban J connectivity index is 4.73. The van der Waals surface area contributed by atoms with E-state index in [4.69, 9.17) is 5.73 Å². The maximum atomic E-state index is 6.14. The molecule has 0 aromatic carbocycles. The lowest BCUT2D eigenvalue weighted by atomic mass is 9.37. The Morgan fingerprint density at radius 2 is 1.50 bits per heavy atom. The van der Waals surface area contributed by atoms with Crippen LogP contribution in [0.4, 0.5) is 0 Å². The van der Waals surface area contributed by atoms with E-state index in [9.17, 15) is 0 Å². The standard InChI is InChI=1S/C11H20BIN/c1-9(2,7-8-13)12-10(3,4)11(5,6)14/h14H2,1-6H3. The average molecular weight is 304 g/mol. The van der Waals surface area contributed by atoms with Crippen LogP contribution < -0.4 is 5.73 Å². The molecule has 0 atom stereocenters. The van der Waals surface area contributed by atoms with Gasteiger partial charge in [0, 0.05) is 28.1 Å². The van der Waals surface area contributed by atoms with E-state index in [-0.39, 0.29) is 16.2 Å². The lowest BCUT2D eigenvalue weighted by Crippen LogP contribution is -2.47. The first-order chi connectivity index (χ1) is 6.02. The van der Waals surface area contributed by atoms with Crippen LogP contribution in [-0.4, -0.2) is 12.8 Å². The second kappa shape index (κ2) is 4.44. The van der Waals surface area contributed by atoms with Gasteiger partial charge in [-0.15, -0.1) is 0 Å². The predicted octanol–water partition coefficient (Wildman–Crippen LogP) is 3.22. The van der Waals surface area contributed by atoms with E-state index in [0.29, 0.717) is 0 Å². The van der Waals surface area contributed by atoms with Crippen LogP contribution in [0.5, 0.6) is 0 Å². The van der Waals surface area contributed by atoms with E-state index < -0.39 is 0 Å². The molecule has 0 bridgehead atoms. The highest BCUT2D eigenvalue weighted by Crippen LogP contribution is 2.42. The number of rotatable bonds is 3. The fourth-order valence-corrected chi connectivity index (χ4v) is 1.94. The van der Waals surface area contributed by atoms with Gasteiger partial charge in [0.1, 0.15) is 7.28 Å². The molecule has 0 saturated heterocycles. The molecule has 1 radical (unpaired) electrons. The molecule has 2 N–H and O–H groups in total. The Labute approximate surface area is 103 Å². The summed E-state index contributed by atoms with van der Waals surface area (Å²) in [6.45, 7) is 12.7. The molecule has 0 aromatic rings. The van der Waals surface area contributed by atoms with Crippen molar-refractivity contribution in [2.45, 2.75) is 57.7 Å². The van der Waals surface area contributed by atoms with Crippen molar-refractivity contribution in [3.05, 3.63) is 0 Å². The quantitative estimate of drug-likeness (QED) is 0.483. The van der Waals surface area contributed by atoms with Crippen LogP contribution in [0.3, 0.4) is 0 Å². The van der Waals surface area contributed by atoms with Gasteiger partial charge in [-0.25, -0.2) is 0 Å². The third-order valence-corrected chi connectivity index (χ3v) is 3.02. The third kappa shape index (κ3) is 4.23. The first-order valence-corrected chi connectivity index (χ1v) is 5.88. The Kier molecular flexibility index (Phi) is 4.54. The Hall–Kier alpha value is 0.315. The summed E-state index contributed by atoms with van der Waals surface area (Å²) in [6, 6.07) is 0. The monoisotopic (exact) mass is 304 g/mol. The van der Waals surface area contributed by atoms with Gasteiger partial charge in [0.2, 0.25) is 0 Å². The molecule has 1 nitrogen and oxygen atoms in total. The van der Waals surface area contributed by atoms with Crippen LogP contribution in [0.15, 0.2) is 0 Å². The van der Waals surface area contributed by atoms with Crippen molar-refractivity contribution in [3.63, 3.8) is 0 Å². The Morgan fingerprint density at radius 3 is 1.79 bits per heavy atom. The highest BCUT2D eigenvalue weighted by Gasteiger charge is 2.38. The van der Waals surface area contributed by atoms with Crippen molar-refractivity contribution in [3.8, 4) is 9.85 Å². The lowest BCUT2D eigenvalue weighted by Gasteiger charge is -2.41. The molecule has 79 valence electrons. The molecule has 0 aliphatic rings. The molecule has 0 spiro atoms. The fraction of sp³-hybridized carbons (Fsp3) is 0.818. The largest absolute Gasteiger partial charge is 0.326 e. The number of hydrogen-bond donors (Lipinski definition) is 1. The first kappa shape index (κ1) is 14.3. The van der Waals surface area contributed by atoms with Crippen LogP contribution in [0, 0.1) is 9.85 Å². The van der Waals surface area contributed by atoms with Crippen molar-refractivity contribution in [1.82, 2.24) is 0 Å². The van der Waals surface area contributed by atoms with Gasteiger partial charge in [-0.2, -0.15) is 0 Å². The number of nitrogens with two attached hydrogens (primary N) is 1. The zero-order valence-electron chi connectivity index (χ0n) is 10.0. The predicted molar refractivity (Wildman–Crippen MR) is 73.9 cm³/mol. The molecule has 14 heavy (non-hydrogen) atoms. The maximum Gasteiger partial charge on any atom is 0.143 e. The topological polar surface area (TPSA) is 26.0 Å². The van der Waals surface area contributed by atoms with E-state index in [2.05, 4.69) is 81.3 Å².